The van der Waals surface area contributed by atoms with E-state index in [2.05, 4.69) is 241 Å². The van der Waals surface area contributed by atoms with Crippen molar-refractivity contribution >= 4 is 49.8 Å². The van der Waals surface area contributed by atoms with Crippen molar-refractivity contribution in [3.05, 3.63) is 259 Å². The highest BCUT2D eigenvalue weighted by atomic mass is 16.3. The lowest BCUT2D eigenvalue weighted by atomic mass is 9.67. The van der Waals surface area contributed by atoms with Crippen LogP contribution in [0.4, 0.5) is 17.1 Å². The van der Waals surface area contributed by atoms with E-state index in [1.165, 1.54) is 55.3 Å². The van der Waals surface area contributed by atoms with Gasteiger partial charge in [-0.25, -0.2) is 0 Å². The van der Waals surface area contributed by atoms with E-state index in [9.17, 15) is 0 Å². The Morgan fingerprint density at radius 2 is 0.934 bits per heavy atom. The van der Waals surface area contributed by atoms with E-state index in [4.69, 9.17) is 4.42 Å². The second-order valence-electron chi connectivity index (χ2n) is 16.0. The van der Waals surface area contributed by atoms with Crippen molar-refractivity contribution in [1.29, 1.82) is 0 Å². The summed E-state index contributed by atoms with van der Waals surface area (Å²) in [6, 6.07) is 86.1. The first-order chi connectivity index (χ1) is 30.3. The molecule has 2 nitrogen and oxygen atoms in total. The normalized spacial score (nSPS) is 12.7. The molecule has 2 heteroatoms. The summed E-state index contributed by atoms with van der Waals surface area (Å²) in [4.78, 5) is 2.47. The van der Waals surface area contributed by atoms with Gasteiger partial charge in [-0.3, -0.25) is 0 Å². The molecule has 1 aliphatic rings. The molecule has 0 unspecified atom stereocenters. The van der Waals surface area contributed by atoms with Crippen molar-refractivity contribution in [2.75, 3.05) is 4.90 Å². The highest BCUT2D eigenvalue weighted by Crippen LogP contribution is 2.58. The van der Waals surface area contributed by atoms with Crippen LogP contribution in [-0.2, 0) is 5.41 Å². The van der Waals surface area contributed by atoms with Gasteiger partial charge in [0.05, 0.1) is 11.1 Å². The molecule has 0 bridgehead atoms. The number of furan rings is 1. The number of benzene rings is 10. The first-order valence-electron chi connectivity index (χ1n) is 21.0. The highest BCUT2D eigenvalue weighted by Gasteiger charge is 2.46. The number of hydrogen-bond donors (Lipinski definition) is 0. The molecule has 0 saturated carbocycles. The number of para-hydroxylation sites is 1. The van der Waals surface area contributed by atoms with Crippen LogP contribution in [0.15, 0.2) is 241 Å². The molecule has 1 aliphatic carbocycles. The van der Waals surface area contributed by atoms with Gasteiger partial charge in [-0.1, -0.05) is 194 Å². The van der Waals surface area contributed by atoms with Crippen LogP contribution >= 0.6 is 0 Å². The van der Waals surface area contributed by atoms with Gasteiger partial charge in [0.15, 0.2) is 0 Å². The van der Waals surface area contributed by atoms with Crippen LogP contribution in [0.5, 0.6) is 0 Å². The minimum absolute atomic E-state index is 0.545. The van der Waals surface area contributed by atoms with Gasteiger partial charge in [0.1, 0.15) is 11.2 Å². The largest absolute Gasteiger partial charge is 0.456 e. The Kier molecular flexibility index (Phi) is 8.11. The van der Waals surface area contributed by atoms with Crippen molar-refractivity contribution in [3.63, 3.8) is 0 Å². The monoisotopic (exact) mass is 777 g/mol. The molecule has 0 aliphatic heterocycles. The maximum absolute atomic E-state index is 6.64. The van der Waals surface area contributed by atoms with Gasteiger partial charge in [0, 0.05) is 27.7 Å². The van der Waals surface area contributed by atoms with Crippen LogP contribution in [0.3, 0.4) is 0 Å². The Morgan fingerprint density at radius 1 is 0.361 bits per heavy atom. The minimum atomic E-state index is -0.545. The maximum Gasteiger partial charge on any atom is 0.136 e. The van der Waals surface area contributed by atoms with E-state index >= 15 is 0 Å². The fourth-order valence-electron chi connectivity index (χ4n) is 10.1. The summed E-state index contributed by atoms with van der Waals surface area (Å²) in [5.41, 5.74) is 16.6. The van der Waals surface area contributed by atoms with E-state index in [0.717, 1.165) is 50.1 Å². The number of hydrogen-bond acceptors (Lipinski definition) is 2. The van der Waals surface area contributed by atoms with E-state index < -0.39 is 5.41 Å². The molecule has 0 N–H and O–H groups in total. The number of nitrogens with zero attached hydrogens (tertiary/aromatic N) is 1. The van der Waals surface area contributed by atoms with Crippen LogP contribution in [0.1, 0.15) is 22.3 Å². The topological polar surface area (TPSA) is 16.4 Å². The number of anilines is 3. The summed E-state index contributed by atoms with van der Waals surface area (Å²) < 4.78 is 6.64. The molecule has 0 amide bonds. The summed E-state index contributed by atoms with van der Waals surface area (Å²) in [7, 11) is 0. The van der Waals surface area contributed by atoms with Gasteiger partial charge in [-0.05, 0) is 103 Å². The molecule has 0 atom stereocenters. The summed E-state index contributed by atoms with van der Waals surface area (Å²) in [6.45, 7) is 0. The van der Waals surface area contributed by atoms with Gasteiger partial charge < -0.3 is 9.32 Å². The van der Waals surface area contributed by atoms with E-state index in [1.54, 1.807) is 0 Å². The Bertz CT molecular complexity index is 3360. The first-order valence-corrected chi connectivity index (χ1v) is 21.0. The van der Waals surface area contributed by atoms with Crippen molar-refractivity contribution in [3.8, 4) is 33.4 Å². The van der Waals surface area contributed by atoms with Crippen LogP contribution in [-0.4, -0.2) is 0 Å². The molecular weight excluding hydrogens is 739 g/mol. The predicted molar refractivity (Wildman–Crippen MR) is 254 cm³/mol. The lowest BCUT2D eigenvalue weighted by Crippen LogP contribution is -2.28. The average molecular weight is 778 g/mol. The standard InChI is InChI=1S/C59H39NO/c1-4-17-40(18-5-1)41-31-33-45(34-32-41)60(54-37-38-56-58(51-27-13-15-30-55(51)61-56)57(54)50-28-16-20-42-19-10-11-25-47(42)50)46-35-36-49-48-26-12-14-29-52(48)59(53(49)39-46,43-21-6-2-7-22-43)44-23-8-3-9-24-44/h1-39H. The van der Waals surface area contributed by atoms with Gasteiger partial charge in [-0.2, -0.15) is 0 Å². The Balaban J connectivity index is 1.18. The minimum Gasteiger partial charge on any atom is -0.456 e. The lowest BCUT2D eigenvalue weighted by Gasteiger charge is -2.35. The molecule has 1 heterocycles. The molecule has 0 radical (unpaired) electrons. The summed E-state index contributed by atoms with van der Waals surface area (Å²) >= 11 is 0. The molecule has 12 rings (SSSR count). The highest BCUT2D eigenvalue weighted by molar-refractivity contribution is 6.19. The third kappa shape index (κ3) is 5.43. The van der Waals surface area contributed by atoms with Gasteiger partial charge >= 0.3 is 0 Å². The third-order valence-electron chi connectivity index (χ3n) is 12.8. The van der Waals surface area contributed by atoms with E-state index in [-0.39, 0.29) is 0 Å². The lowest BCUT2D eigenvalue weighted by molar-refractivity contribution is 0.669. The zero-order valence-electron chi connectivity index (χ0n) is 33.4. The second-order valence-corrected chi connectivity index (χ2v) is 16.0. The molecule has 0 saturated heterocycles. The Hall–Kier alpha value is -7.94. The third-order valence-corrected chi connectivity index (χ3v) is 12.8. The number of fused-ring (bicyclic) bond motifs is 7. The van der Waals surface area contributed by atoms with Crippen LogP contribution in [0.25, 0.3) is 66.1 Å². The zero-order valence-corrected chi connectivity index (χ0v) is 33.4. The molecule has 11 aromatic rings. The fraction of sp³-hybridized carbons (Fsp3) is 0.0169. The van der Waals surface area contributed by atoms with Crippen molar-refractivity contribution in [2.45, 2.75) is 5.41 Å². The van der Waals surface area contributed by atoms with Gasteiger partial charge in [0.25, 0.3) is 0 Å². The summed E-state index contributed by atoms with van der Waals surface area (Å²) in [5, 5.41) is 4.59. The molecule has 10 aromatic carbocycles. The molecule has 0 fully saturated rings. The smallest absolute Gasteiger partial charge is 0.136 e. The second kappa shape index (κ2) is 14.1. The summed E-state index contributed by atoms with van der Waals surface area (Å²) in [6.07, 6.45) is 0. The van der Waals surface area contributed by atoms with E-state index in [0.29, 0.717) is 0 Å². The molecular formula is C59H39NO. The van der Waals surface area contributed by atoms with Gasteiger partial charge in [0.2, 0.25) is 0 Å². The quantitative estimate of drug-likeness (QED) is 0.160. The SMILES string of the molecule is c1ccc(-c2ccc(N(c3ccc4c(c3)C(c3ccccc3)(c3ccccc3)c3ccccc3-4)c3ccc4oc5ccccc5c4c3-c3cccc4ccccc34)cc2)cc1. The molecule has 286 valence electrons. The Morgan fingerprint density at radius 3 is 1.70 bits per heavy atom. The molecule has 61 heavy (non-hydrogen) atoms. The predicted octanol–water partition coefficient (Wildman–Crippen LogP) is 15.9. The first kappa shape index (κ1) is 35.0. The molecule has 0 spiro atoms. The summed E-state index contributed by atoms with van der Waals surface area (Å²) in [5.74, 6) is 0. The van der Waals surface area contributed by atoms with E-state index in [1.807, 2.05) is 0 Å². The number of rotatable bonds is 7. The van der Waals surface area contributed by atoms with Crippen molar-refractivity contribution in [2.24, 2.45) is 0 Å². The fourth-order valence-corrected chi connectivity index (χ4v) is 10.1. The van der Waals surface area contributed by atoms with Crippen molar-refractivity contribution in [1.82, 2.24) is 0 Å². The van der Waals surface area contributed by atoms with Gasteiger partial charge in [-0.15, -0.1) is 0 Å². The maximum atomic E-state index is 6.64. The zero-order chi connectivity index (χ0) is 40.3. The van der Waals surface area contributed by atoms with Crippen LogP contribution in [0.2, 0.25) is 0 Å². The van der Waals surface area contributed by atoms with Crippen LogP contribution < -0.4 is 4.90 Å². The van der Waals surface area contributed by atoms with Crippen LogP contribution in [0, 0.1) is 0 Å². The average Bonchev–Trinajstić information content (AvgIpc) is 3.86. The molecule has 1 aromatic heterocycles. The Labute approximate surface area is 355 Å². The van der Waals surface area contributed by atoms with Crippen molar-refractivity contribution < 1.29 is 4.42 Å².